The molecule has 22 heavy (non-hydrogen) atoms. The van der Waals surface area contributed by atoms with Gasteiger partial charge in [0, 0.05) is 29.0 Å². The molecular formula is C16H21BrN2O3. The summed E-state index contributed by atoms with van der Waals surface area (Å²) < 4.78 is 6.47. The topological polar surface area (TPSA) is 72.6 Å². The van der Waals surface area contributed by atoms with Crippen molar-refractivity contribution in [1.29, 1.82) is 0 Å². The number of rotatable bonds is 4. The van der Waals surface area contributed by atoms with E-state index < -0.39 is 0 Å². The lowest BCUT2D eigenvalue weighted by Crippen LogP contribution is -2.41. The Morgan fingerprint density at radius 1 is 1.27 bits per heavy atom. The Morgan fingerprint density at radius 3 is 2.45 bits per heavy atom. The third kappa shape index (κ3) is 4.22. The van der Waals surface area contributed by atoms with Crippen LogP contribution in [-0.4, -0.2) is 35.9 Å². The van der Waals surface area contributed by atoms with Crippen LogP contribution in [0.3, 0.4) is 0 Å². The maximum atomic E-state index is 12.6. The van der Waals surface area contributed by atoms with Gasteiger partial charge in [-0.1, -0.05) is 15.9 Å². The number of carbonyl (C=O) groups excluding carboxylic acids is 2. The smallest absolute Gasteiger partial charge is 0.254 e. The summed E-state index contributed by atoms with van der Waals surface area (Å²) in [5.74, 6) is 0.228. The van der Waals surface area contributed by atoms with Gasteiger partial charge in [-0.2, -0.15) is 0 Å². The lowest BCUT2D eigenvalue weighted by Gasteiger charge is -2.30. The molecular weight excluding hydrogens is 348 g/mol. The molecule has 0 aromatic heterocycles. The number of primary amides is 1. The minimum Gasteiger partial charge on any atom is -0.491 e. The number of nitrogens with two attached hydrogens (primary N) is 1. The molecule has 0 aliphatic carbocycles. The fourth-order valence-corrected chi connectivity index (χ4v) is 3.05. The van der Waals surface area contributed by atoms with Gasteiger partial charge in [0.25, 0.3) is 5.91 Å². The Balaban J connectivity index is 2.09. The highest BCUT2D eigenvalue weighted by molar-refractivity contribution is 9.10. The fourth-order valence-electron chi connectivity index (χ4n) is 2.58. The van der Waals surface area contributed by atoms with Crippen LogP contribution in [0.15, 0.2) is 22.7 Å². The molecule has 1 aromatic carbocycles. The van der Waals surface area contributed by atoms with Gasteiger partial charge < -0.3 is 15.4 Å². The van der Waals surface area contributed by atoms with Gasteiger partial charge in [0.15, 0.2) is 0 Å². The zero-order valence-electron chi connectivity index (χ0n) is 12.8. The van der Waals surface area contributed by atoms with Crippen molar-refractivity contribution in [2.24, 2.45) is 11.7 Å². The monoisotopic (exact) mass is 368 g/mol. The number of halogens is 1. The second-order valence-electron chi connectivity index (χ2n) is 5.81. The number of likely N-dealkylation sites (tertiary alicyclic amines) is 1. The molecule has 0 atom stereocenters. The van der Waals surface area contributed by atoms with Crippen LogP contribution >= 0.6 is 15.9 Å². The fraction of sp³-hybridized carbons (Fsp3) is 0.500. The molecule has 2 amide bonds. The normalized spacial score (nSPS) is 15.9. The zero-order valence-corrected chi connectivity index (χ0v) is 14.4. The van der Waals surface area contributed by atoms with Crippen molar-refractivity contribution in [2.45, 2.75) is 32.8 Å². The Labute approximate surface area is 138 Å². The van der Waals surface area contributed by atoms with Gasteiger partial charge in [-0.25, -0.2) is 0 Å². The highest BCUT2D eigenvalue weighted by atomic mass is 79.9. The summed E-state index contributed by atoms with van der Waals surface area (Å²) in [4.78, 5) is 25.6. The van der Waals surface area contributed by atoms with Crippen molar-refractivity contribution in [2.75, 3.05) is 13.1 Å². The molecule has 5 nitrogen and oxygen atoms in total. The van der Waals surface area contributed by atoms with E-state index in [2.05, 4.69) is 15.9 Å². The van der Waals surface area contributed by atoms with E-state index >= 15 is 0 Å². The highest BCUT2D eigenvalue weighted by Crippen LogP contribution is 2.25. The molecule has 0 saturated carbocycles. The minimum atomic E-state index is -0.276. The van der Waals surface area contributed by atoms with E-state index in [9.17, 15) is 9.59 Å². The van der Waals surface area contributed by atoms with Crippen LogP contribution in [0.2, 0.25) is 0 Å². The van der Waals surface area contributed by atoms with E-state index in [1.807, 2.05) is 19.9 Å². The lowest BCUT2D eigenvalue weighted by atomic mass is 9.96. The second kappa shape index (κ2) is 7.13. The van der Waals surface area contributed by atoms with Crippen molar-refractivity contribution >= 4 is 27.7 Å². The van der Waals surface area contributed by atoms with Crippen molar-refractivity contribution < 1.29 is 14.3 Å². The van der Waals surface area contributed by atoms with Crippen LogP contribution in [0.1, 0.15) is 37.0 Å². The summed E-state index contributed by atoms with van der Waals surface area (Å²) in [6, 6.07) is 5.39. The average Bonchev–Trinajstić information content (AvgIpc) is 2.45. The summed E-state index contributed by atoms with van der Waals surface area (Å²) in [5, 5.41) is 0. The van der Waals surface area contributed by atoms with Crippen LogP contribution < -0.4 is 10.5 Å². The molecule has 0 bridgehead atoms. The first-order valence-electron chi connectivity index (χ1n) is 7.42. The SMILES string of the molecule is CC(C)Oc1cc(Br)cc(C(=O)N2CCC(C(N)=O)CC2)c1. The number of amides is 2. The Kier molecular flexibility index (Phi) is 5.45. The Hall–Kier alpha value is -1.56. The van der Waals surface area contributed by atoms with Gasteiger partial charge in [0.1, 0.15) is 5.75 Å². The first kappa shape index (κ1) is 16.8. The third-order valence-corrected chi connectivity index (χ3v) is 4.13. The van der Waals surface area contributed by atoms with Gasteiger partial charge in [-0.3, -0.25) is 9.59 Å². The van der Waals surface area contributed by atoms with Gasteiger partial charge in [-0.05, 0) is 44.9 Å². The molecule has 0 unspecified atom stereocenters. The van der Waals surface area contributed by atoms with E-state index in [1.165, 1.54) is 0 Å². The predicted octanol–water partition coefficient (Wildman–Crippen LogP) is 2.57. The molecule has 120 valence electrons. The van der Waals surface area contributed by atoms with Crippen molar-refractivity contribution in [3.05, 3.63) is 28.2 Å². The van der Waals surface area contributed by atoms with Crippen LogP contribution in [0, 0.1) is 5.92 Å². The molecule has 1 saturated heterocycles. The Morgan fingerprint density at radius 2 is 1.91 bits per heavy atom. The van der Waals surface area contributed by atoms with Gasteiger partial charge >= 0.3 is 0 Å². The molecule has 0 radical (unpaired) electrons. The quantitative estimate of drug-likeness (QED) is 0.887. The van der Waals surface area contributed by atoms with E-state index in [1.54, 1.807) is 17.0 Å². The summed E-state index contributed by atoms with van der Waals surface area (Å²) in [6.07, 6.45) is 1.30. The minimum absolute atomic E-state index is 0.0437. The highest BCUT2D eigenvalue weighted by Gasteiger charge is 2.26. The van der Waals surface area contributed by atoms with Gasteiger partial charge in [0.2, 0.25) is 5.91 Å². The first-order valence-corrected chi connectivity index (χ1v) is 8.22. The second-order valence-corrected chi connectivity index (χ2v) is 6.73. The largest absolute Gasteiger partial charge is 0.491 e. The molecule has 1 aliphatic heterocycles. The molecule has 1 fully saturated rings. The van der Waals surface area contributed by atoms with Crippen molar-refractivity contribution in [3.63, 3.8) is 0 Å². The molecule has 0 spiro atoms. The van der Waals surface area contributed by atoms with Crippen LogP contribution in [-0.2, 0) is 4.79 Å². The molecule has 1 aromatic rings. The van der Waals surface area contributed by atoms with Crippen molar-refractivity contribution in [3.8, 4) is 5.75 Å². The molecule has 6 heteroatoms. The van der Waals surface area contributed by atoms with E-state index in [0.29, 0.717) is 37.2 Å². The first-order chi connectivity index (χ1) is 10.4. The summed E-state index contributed by atoms with van der Waals surface area (Å²) >= 11 is 3.41. The van der Waals surface area contributed by atoms with E-state index in [4.69, 9.17) is 10.5 Å². The van der Waals surface area contributed by atoms with E-state index in [-0.39, 0.29) is 23.8 Å². The average molecular weight is 369 g/mol. The van der Waals surface area contributed by atoms with Crippen LogP contribution in [0.4, 0.5) is 0 Å². The van der Waals surface area contributed by atoms with E-state index in [0.717, 1.165) is 4.47 Å². The number of nitrogens with zero attached hydrogens (tertiary/aromatic N) is 1. The molecule has 1 aliphatic rings. The number of hydrogen-bond donors (Lipinski definition) is 1. The van der Waals surface area contributed by atoms with Crippen LogP contribution in [0.25, 0.3) is 0 Å². The van der Waals surface area contributed by atoms with Gasteiger partial charge in [0.05, 0.1) is 6.10 Å². The number of benzene rings is 1. The maximum absolute atomic E-state index is 12.6. The van der Waals surface area contributed by atoms with Gasteiger partial charge in [-0.15, -0.1) is 0 Å². The maximum Gasteiger partial charge on any atom is 0.254 e. The number of carbonyl (C=O) groups is 2. The lowest BCUT2D eigenvalue weighted by molar-refractivity contribution is -0.123. The molecule has 2 N–H and O–H groups in total. The molecule has 2 rings (SSSR count). The third-order valence-electron chi connectivity index (χ3n) is 3.67. The number of hydrogen-bond acceptors (Lipinski definition) is 3. The summed E-state index contributed by atoms with van der Waals surface area (Å²) in [5.41, 5.74) is 5.91. The molecule has 1 heterocycles. The summed E-state index contributed by atoms with van der Waals surface area (Å²) in [7, 11) is 0. The standard InChI is InChI=1S/C16H21BrN2O3/c1-10(2)22-14-8-12(7-13(17)9-14)16(21)19-5-3-11(4-6-19)15(18)20/h7-11H,3-6H2,1-2H3,(H2,18,20). The number of ether oxygens (including phenoxy) is 1. The Bertz CT molecular complexity index is 567. The zero-order chi connectivity index (χ0) is 16.3. The van der Waals surface area contributed by atoms with Crippen LogP contribution in [0.5, 0.6) is 5.75 Å². The number of piperidine rings is 1. The predicted molar refractivity (Wildman–Crippen MR) is 87.7 cm³/mol. The summed E-state index contributed by atoms with van der Waals surface area (Å²) in [6.45, 7) is 4.99. The van der Waals surface area contributed by atoms with Crippen molar-refractivity contribution in [1.82, 2.24) is 4.90 Å².